The number of likely N-dealkylation sites (tertiary alicyclic amines) is 1. The molecular formula is C32H40N6O2. The van der Waals surface area contributed by atoms with Gasteiger partial charge in [-0.1, -0.05) is 42.5 Å². The fourth-order valence-electron chi connectivity index (χ4n) is 5.19. The molecule has 1 aliphatic heterocycles. The van der Waals surface area contributed by atoms with Crippen molar-refractivity contribution < 1.29 is 9.59 Å². The third kappa shape index (κ3) is 8.52. The lowest BCUT2D eigenvalue weighted by atomic mass is 9.87. The molecular weight excluding hydrogens is 500 g/mol. The number of aromatic nitrogens is 2. The Morgan fingerprint density at radius 3 is 2.35 bits per heavy atom. The van der Waals surface area contributed by atoms with Crippen LogP contribution >= 0.6 is 0 Å². The summed E-state index contributed by atoms with van der Waals surface area (Å²) >= 11 is 0. The number of rotatable bonds is 10. The fourth-order valence-corrected chi connectivity index (χ4v) is 5.19. The van der Waals surface area contributed by atoms with E-state index in [1.165, 1.54) is 5.56 Å². The molecule has 4 rings (SSSR count). The van der Waals surface area contributed by atoms with Crippen LogP contribution in [0.1, 0.15) is 49.6 Å². The van der Waals surface area contributed by atoms with E-state index in [9.17, 15) is 9.59 Å². The predicted molar refractivity (Wildman–Crippen MR) is 155 cm³/mol. The van der Waals surface area contributed by atoms with Gasteiger partial charge in [0.2, 0.25) is 11.8 Å². The largest absolute Gasteiger partial charge is 0.355 e. The fraction of sp³-hybridized carbons (Fsp3) is 0.438. The van der Waals surface area contributed by atoms with Crippen LogP contribution in [-0.2, 0) is 29.0 Å². The third-order valence-electron chi connectivity index (χ3n) is 7.24. The van der Waals surface area contributed by atoms with Crippen LogP contribution in [-0.4, -0.2) is 58.0 Å². The van der Waals surface area contributed by atoms with Crippen LogP contribution in [0.3, 0.4) is 0 Å². The highest BCUT2D eigenvalue weighted by Crippen LogP contribution is 2.24. The Morgan fingerprint density at radius 1 is 0.975 bits per heavy atom. The SMILES string of the molecule is CC(C)(C)NC(=O)C1CC(C(=O)NCCc2cncn2Cc2ccc(C#N)cc2)CN(CCc2ccccc2)C1. The number of imidazole rings is 1. The van der Waals surface area contributed by atoms with Crippen molar-refractivity contribution in [2.45, 2.75) is 52.1 Å². The minimum Gasteiger partial charge on any atom is -0.355 e. The number of hydrogen-bond donors (Lipinski definition) is 2. The number of carbonyl (C=O) groups is 2. The van der Waals surface area contributed by atoms with Gasteiger partial charge in [0.25, 0.3) is 0 Å². The van der Waals surface area contributed by atoms with Crippen LogP contribution in [0, 0.1) is 23.2 Å². The molecule has 40 heavy (non-hydrogen) atoms. The zero-order valence-electron chi connectivity index (χ0n) is 23.8. The molecule has 2 aromatic carbocycles. The van der Waals surface area contributed by atoms with Gasteiger partial charge in [-0.3, -0.25) is 9.59 Å². The lowest BCUT2D eigenvalue weighted by molar-refractivity contribution is -0.132. The average Bonchev–Trinajstić information content (AvgIpc) is 3.38. The molecule has 8 nitrogen and oxygen atoms in total. The summed E-state index contributed by atoms with van der Waals surface area (Å²) in [6.45, 7) is 9.21. The zero-order valence-corrected chi connectivity index (χ0v) is 23.8. The Morgan fingerprint density at radius 2 is 1.68 bits per heavy atom. The van der Waals surface area contributed by atoms with Gasteiger partial charge in [0.1, 0.15) is 0 Å². The lowest BCUT2D eigenvalue weighted by Crippen LogP contribution is -2.53. The van der Waals surface area contributed by atoms with Crippen molar-refractivity contribution in [3.8, 4) is 6.07 Å². The summed E-state index contributed by atoms with van der Waals surface area (Å²) < 4.78 is 2.06. The molecule has 8 heteroatoms. The molecule has 2 heterocycles. The minimum atomic E-state index is -0.318. The van der Waals surface area contributed by atoms with E-state index in [2.05, 4.69) is 43.3 Å². The standard InChI is InChI=1S/C32H40N6O2/c1-32(2,3)36-31(40)28-17-27(21-37(22-28)16-14-24-7-5-4-6-8-24)30(39)35-15-13-29-19-34-23-38(29)20-26-11-9-25(18-33)10-12-26/h4-12,19,23,27-28H,13-17,20-22H2,1-3H3,(H,35,39)(H,36,40). The van der Waals surface area contributed by atoms with Gasteiger partial charge in [0.15, 0.2) is 0 Å². The van der Waals surface area contributed by atoms with Crippen molar-refractivity contribution in [2.24, 2.45) is 11.8 Å². The number of nitrogens with zero attached hydrogens (tertiary/aromatic N) is 4. The number of benzene rings is 2. The first-order chi connectivity index (χ1) is 19.2. The molecule has 1 aliphatic rings. The van der Waals surface area contributed by atoms with E-state index in [0.29, 0.717) is 44.6 Å². The monoisotopic (exact) mass is 540 g/mol. The van der Waals surface area contributed by atoms with Crippen LogP contribution < -0.4 is 10.6 Å². The van der Waals surface area contributed by atoms with Crippen LogP contribution in [0.2, 0.25) is 0 Å². The number of hydrogen-bond acceptors (Lipinski definition) is 5. The Hall–Kier alpha value is -3.96. The maximum atomic E-state index is 13.3. The Kier molecular flexibility index (Phi) is 9.73. The molecule has 1 fully saturated rings. The molecule has 0 radical (unpaired) electrons. The highest BCUT2D eigenvalue weighted by Gasteiger charge is 2.35. The summed E-state index contributed by atoms with van der Waals surface area (Å²) in [5.41, 5.74) is 3.68. The van der Waals surface area contributed by atoms with E-state index in [1.54, 1.807) is 6.33 Å². The van der Waals surface area contributed by atoms with E-state index >= 15 is 0 Å². The summed E-state index contributed by atoms with van der Waals surface area (Å²) in [5, 5.41) is 15.3. The van der Waals surface area contributed by atoms with E-state index in [-0.39, 0.29) is 29.2 Å². The van der Waals surface area contributed by atoms with E-state index < -0.39 is 0 Å². The molecule has 2 unspecified atom stereocenters. The number of piperidine rings is 1. The molecule has 0 bridgehead atoms. The van der Waals surface area contributed by atoms with Crippen molar-refractivity contribution in [3.05, 3.63) is 89.5 Å². The molecule has 3 aromatic rings. The topological polar surface area (TPSA) is 103 Å². The first-order valence-corrected chi connectivity index (χ1v) is 14.0. The first kappa shape index (κ1) is 29.0. The summed E-state index contributed by atoms with van der Waals surface area (Å²) in [6.07, 6.45) is 5.70. The third-order valence-corrected chi connectivity index (χ3v) is 7.24. The summed E-state index contributed by atoms with van der Waals surface area (Å²) in [6, 6.07) is 20.0. The van der Waals surface area contributed by atoms with Gasteiger partial charge >= 0.3 is 0 Å². The van der Waals surface area contributed by atoms with Crippen LogP contribution in [0.15, 0.2) is 67.1 Å². The molecule has 210 valence electrons. The molecule has 2 N–H and O–H groups in total. The summed E-state index contributed by atoms with van der Waals surface area (Å²) in [7, 11) is 0. The van der Waals surface area contributed by atoms with Gasteiger partial charge in [-0.25, -0.2) is 4.98 Å². The van der Waals surface area contributed by atoms with Crippen molar-refractivity contribution in [2.75, 3.05) is 26.2 Å². The second-order valence-corrected chi connectivity index (χ2v) is 11.7. The second kappa shape index (κ2) is 13.4. The number of nitriles is 1. The minimum absolute atomic E-state index is 0.00359. The number of nitrogens with one attached hydrogen (secondary N) is 2. The van der Waals surface area contributed by atoms with Gasteiger partial charge in [0, 0.05) is 56.6 Å². The Balaban J connectivity index is 1.34. The Labute approximate surface area is 237 Å². The lowest BCUT2D eigenvalue weighted by Gasteiger charge is -2.37. The van der Waals surface area contributed by atoms with Gasteiger partial charge in [-0.05, 0) is 56.9 Å². The van der Waals surface area contributed by atoms with Crippen LogP contribution in [0.5, 0.6) is 0 Å². The van der Waals surface area contributed by atoms with Gasteiger partial charge in [-0.15, -0.1) is 0 Å². The van der Waals surface area contributed by atoms with E-state index in [0.717, 1.165) is 24.2 Å². The maximum absolute atomic E-state index is 13.3. The Bertz CT molecular complexity index is 1300. The highest BCUT2D eigenvalue weighted by atomic mass is 16.2. The van der Waals surface area contributed by atoms with Crippen molar-refractivity contribution in [1.29, 1.82) is 5.26 Å². The van der Waals surface area contributed by atoms with Gasteiger partial charge in [-0.2, -0.15) is 5.26 Å². The molecule has 0 saturated carbocycles. The molecule has 2 amide bonds. The molecule has 0 aliphatic carbocycles. The predicted octanol–water partition coefficient (Wildman–Crippen LogP) is 3.56. The van der Waals surface area contributed by atoms with E-state index in [1.807, 2.05) is 69.4 Å². The van der Waals surface area contributed by atoms with Crippen molar-refractivity contribution in [1.82, 2.24) is 25.1 Å². The number of amides is 2. The maximum Gasteiger partial charge on any atom is 0.224 e. The van der Waals surface area contributed by atoms with E-state index in [4.69, 9.17) is 5.26 Å². The molecule has 1 aromatic heterocycles. The quantitative estimate of drug-likeness (QED) is 0.409. The van der Waals surface area contributed by atoms with Crippen LogP contribution in [0.4, 0.5) is 0 Å². The summed E-state index contributed by atoms with van der Waals surface area (Å²) in [5.74, 6) is -0.463. The number of carbonyl (C=O) groups excluding carboxylic acids is 2. The second-order valence-electron chi connectivity index (χ2n) is 11.7. The van der Waals surface area contributed by atoms with Crippen molar-refractivity contribution in [3.63, 3.8) is 0 Å². The average molecular weight is 541 g/mol. The first-order valence-electron chi connectivity index (χ1n) is 14.0. The smallest absolute Gasteiger partial charge is 0.224 e. The van der Waals surface area contributed by atoms with Gasteiger partial charge < -0.3 is 20.1 Å². The normalized spacial score (nSPS) is 17.6. The molecule has 0 spiro atoms. The summed E-state index contributed by atoms with van der Waals surface area (Å²) in [4.78, 5) is 33.0. The van der Waals surface area contributed by atoms with Crippen molar-refractivity contribution >= 4 is 11.8 Å². The zero-order chi connectivity index (χ0) is 28.5. The molecule has 1 saturated heterocycles. The molecule has 2 atom stereocenters. The van der Waals surface area contributed by atoms with Gasteiger partial charge in [0.05, 0.1) is 29.8 Å². The highest BCUT2D eigenvalue weighted by molar-refractivity contribution is 5.83. The van der Waals surface area contributed by atoms with Crippen LogP contribution in [0.25, 0.3) is 0 Å².